The summed E-state index contributed by atoms with van der Waals surface area (Å²) in [6, 6.07) is 11.2. The van der Waals surface area contributed by atoms with E-state index >= 15 is 0 Å². The zero-order valence-corrected chi connectivity index (χ0v) is 11.7. The van der Waals surface area contributed by atoms with Crippen molar-refractivity contribution in [2.45, 2.75) is 26.1 Å². The summed E-state index contributed by atoms with van der Waals surface area (Å²) in [7, 11) is 0. The maximum Gasteiger partial charge on any atom is 0.418 e. The molecule has 0 aliphatic rings. The number of halogens is 3. The van der Waals surface area contributed by atoms with Crippen LogP contribution >= 0.6 is 0 Å². The third-order valence-corrected chi connectivity index (χ3v) is 3.15. The second kappa shape index (κ2) is 5.68. The van der Waals surface area contributed by atoms with Crippen LogP contribution in [0.1, 0.15) is 29.7 Å². The molecule has 0 saturated heterocycles. The molecule has 2 aromatic carbocycles. The molecule has 0 saturated carbocycles. The topological polar surface area (TPSA) is 35.2 Å². The number of aryl methyl sites for hydroxylation is 1. The van der Waals surface area contributed by atoms with Crippen LogP contribution in [-0.4, -0.2) is 0 Å². The van der Waals surface area contributed by atoms with Crippen LogP contribution in [0, 0.1) is 6.92 Å². The molecule has 1 unspecified atom stereocenters. The molecule has 0 fully saturated rings. The molecular formula is C16H16F3NO. The number of benzene rings is 2. The van der Waals surface area contributed by atoms with Crippen LogP contribution < -0.4 is 10.5 Å². The molecule has 0 spiro atoms. The van der Waals surface area contributed by atoms with E-state index in [1.165, 1.54) is 12.1 Å². The lowest BCUT2D eigenvalue weighted by Gasteiger charge is -2.17. The van der Waals surface area contributed by atoms with Gasteiger partial charge in [0.2, 0.25) is 0 Å². The van der Waals surface area contributed by atoms with Gasteiger partial charge in [-0.1, -0.05) is 29.8 Å². The highest BCUT2D eigenvalue weighted by Crippen LogP contribution is 2.36. The van der Waals surface area contributed by atoms with Crippen LogP contribution in [0.2, 0.25) is 0 Å². The van der Waals surface area contributed by atoms with Gasteiger partial charge in [0.1, 0.15) is 11.9 Å². The first-order chi connectivity index (χ1) is 9.77. The molecule has 1 atom stereocenters. The van der Waals surface area contributed by atoms with Gasteiger partial charge in [-0.3, -0.25) is 0 Å². The van der Waals surface area contributed by atoms with Gasteiger partial charge in [0.15, 0.2) is 0 Å². The summed E-state index contributed by atoms with van der Waals surface area (Å²) in [5, 5.41) is 0. The number of nitrogen functional groups attached to an aromatic ring is 1. The molecule has 0 heterocycles. The van der Waals surface area contributed by atoms with Gasteiger partial charge in [0.25, 0.3) is 0 Å². The molecule has 2 aromatic rings. The van der Waals surface area contributed by atoms with Crippen molar-refractivity contribution >= 4 is 5.69 Å². The van der Waals surface area contributed by atoms with Crippen molar-refractivity contribution in [1.82, 2.24) is 0 Å². The second-order valence-corrected chi connectivity index (χ2v) is 4.92. The lowest BCUT2D eigenvalue weighted by molar-refractivity contribution is -0.137. The van der Waals surface area contributed by atoms with Crippen LogP contribution in [0.25, 0.3) is 0 Å². The van der Waals surface area contributed by atoms with Crippen molar-refractivity contribution in [2.75, 3.05) is 5.73 Å². The average Bonchev–Trinajstić information content (AvgIpc) is 2.39. The Morgan fingerprint density at radius 2 is 1.81 bits per heavy atom. The Morgan fingerprint density at radius 1 is 1.10 bits per heavy atom. The Kier molecular flexibility index (Phi) is 4.11. The summed E-state index contributed by atoms with van der Waals surface area (Å²) < 4.78 is 44.0. The Labute approximate surface area is 121 Å². The fourth-order valence-corrected chi connectivity index (χ4v) is 2.05. The van der Waals surface area contributed by atoms with Gasteiger partial charge in [0, 0.05) is 5.69 Å². The highest BCUT2D eigenvalue weighted by atomic mass is 19.4. The van der Waals surface area contributed by atoms with Gasteiger partial charge in [-0.05, 0) is 37.6 Å². The zero-order chi connectivity index (χ0) is 15.6. The lowest BCUT2D eigenvalue weighted by Crippen LogP contribution is -2.10. The first kappa shape index (κ1) is 15.2. The molecule has 0 bridgehead atoms. The molecule has 0 aliphatic heterocycles. The van der Waals surface area contributed by atoms with Crippen LogP contribution in [0.5, 0.6) is 5.75 Å². The molecule has 0 amide bonds. The van der Waals surface area contributed by atoms with Crippen molar-refractivity contribution in [3.8, 4) is 5.75 Å². The second-order valence-electron chi connectivity index (χ2n) is 4.92. The minimum Gasteiger partial charge on any atom is -0.486 e. The van der Waals surface area contributed by atoms with E-state index in [-0.39, 0.29) is 17.5 Å². The van der Waals surface area contributed by atoms with E-state index in [4.69, 9.17) is 10.5 Å². The number of hydrogen-bond acceptors (Lipinski definition) is 2. The monoisotopic (exact) mass is 295 g/mol. The van der Waals surface area contributed by atoms with Gasteiger partial charge in [0.05, 0.1) is 5.56 Å². The molecule has 5 heteroatoms. The van der Waals surface area contributed by atoms with Crippen molar-refractivity contribution in [3.05, 3.63) is 59.2 Å². The summed E-state index contributed by atoms with van der Waals surface area (Å²) in [6.07, 6.45) is -4.84. The highest BCUT2D eigenvalue weighted by Gasteiger charge is 2.33. The van der Waals surface area contributed by atoms with Gasteiger partial charge < -0.3 is 10.5 Å². The fraction of sp³-hybridized carbons (Fsp3) is 0.250. The predicted molar refractivity (Wildman–Crippen MR) is 76.1 cm³/mol. The van der Waals surface area contributed by atoms with E-state index in [0.717, 1.165) is 17.2 Å². The Bertz CT molecular complexity index is 638. The molecular weight excluding hydrogens is 279 g/mol. The summed E-state index contributed by atoms with van der Waals surface area (Å²) >= 11 is 0. The first-order valence-corrected chi connectivity index (χ1v) is 6.47. The third-order valence-electron chi connectivity index (χ3n) is 3.15. The maximum atomic E-state index is 12.8. The molecule has 0 aromatic heterocycles. The molecule has 2 N–H and O–H groups in total. The molecule has 0 radical (unpaired) electrons. The van der Waals surface area contributed by atoms with Crippen LogP contribution in [0.3, 0.4) is 0 Å². The van der Waals surface area contributed by atoms with E-state index in [0.29, 0.717) is 0 Å². The van der Waals surface area contributed by atoms with Gasteiger partial charge in [-0.2, -0.15) is 13.2 Å². The summed E-state index contributed by atoms with van der Waals surface area (Å²) in [4.78, 5) is 0. The smallest absolute Gasteiger partial charge is 0.418 e. The zero-order valence-electron chi connectivity index (χ0n) is 11.7. The van der Waals surface area contributed by atoms with Crippen LogP contribution in [0.4, 0.5) is 18.9 Å². The minimum atomic E-state index is -4.49. The number of anilines is 1. The number of hydrogen-bond donors (Lipinski definition) is 1. The Hall–Kier alpha value is -2.17. The molecule has 0 aliphatic carbocycles. The lowest BCUT2D eigenvalue weighted by atomic mass is 10.1. The Balaban J connectivity index is 2.24. The van der Waals surface area contributed by atoms with Gasteiger partial charge in [-0.25, -0.2) is 0 Å². The maximum absolute atomic E-state index is 12.8. The first-order valence-electron chi connectivity index (χ1n) is 6.47. The van der Waals surface area contributed by atoms with E-state index in [1.807, 2.05) is 31.2 Å². The Morgan fingerprint density at radius 3 is 2.43 bits per heavy atom. The summed E-state index contributed by atoms with van der Waals surface area (Å²) in [6.45, 7) is 3.74. The quantitative estimate of drug-likeness (QED) is 0.830. The summed E-state index contributed by atoms with van der Waals surface area (Å²) in [5.41, 5.74) is 6.15. The average molecular weight is 295 g/mol. The standard InChI is InChI=1S/C16H16F3NO/c1-10-4-3-5-12(8-10)11(2)21-13-6-7-15(20)14(9-13)16(17,18)19/h3-9,11H,20H2,1-2H3. The molecule has 112 valence electrons. The molecule has 2 nitrogen and oxygen atoms in total. The van der Waals surface area contributed by atoms with Crippen molar-refractivity contribution in [1.29, 1.82) is 0 Å². The highest BCUT2D eigenvalue weighted by molar-refractivity contribution is 5.52. The predicted octanol–water partition coefficient (Wildman–Crippen LogP) is 4.74. The fourth-order valence-electron chi connectivity index (χ4n) is 2.05. The SMILES string of the molecule is Cc1cccc(C(C)Oc2ccc(N)c(C(F)(F)F)c2)c1. The number of ether oxygens (including phenoxy) is 1. The molecule has 2 rings (SSSR count). The van der Waals surface area contributed by atoms with Crippen molar-refractivity contribution in [2.24, 2.45) is 0 Å². The van der Waals surface area contributed by atoms with Gasteiger partial charge >= 0.3 is 6.18 Å². The van der Waals surface area contributed by atoms with Crippen LogP contribution in [0.15, 0.2) is 42.5 Å². The number of rotatable bonds is 3. The number of alkyl halides is 3. The van der Waals surface area contributed by atoms with Crippen LogP contribution in [-0.2, 0) is 6.18 Å². The van der Waals surface area contributed by atoms with Crippen molar-refractivity contribution in [3.63, 3.8) is 0 Å². The van der Waals surface area contributed by atoms with E-state index in [9.17, 15) is 13.2 Å². The number of nitrogens with two attached hydrogens (primary N) is 1. The third kappa shape index (κ3) is 3.68. The minimum absolute atomic E-state index is 0.144. The largest absolute Gasteiger partial charge is 0.486 e. The van der Waals surface area contributed by atoms with E-state index in [2.05, 4.69) is 0 Å². The van der Waals surface area contributed by atoms with E-state index < -0.39 is 11.7 Å². The van der Waals surface area contributed by atoms with Gasteiger partial charge in [-0.15, -0.1) is 0 Å². The molecule has 21 heavy (non-hydrogen) atoms. The van der Waals surface area contributed by atoms with Crippen molar-refractivity contribution < 1.29 is 17.9 Å². The normalized spacial score (nSPS) is 13.0. The van der Waals surface area contributed by atoms with E-state index in [1.54, 1.807) is 6.92 Å². The summed E-state index contributed by atoms with van der Waals surface area (Å²) in [5.74, 6) is 0.144.